The van der Waals surface area contributed by atoms with Crippen molar-refractivity contribution in [2.75, 3.05) is 38.2 Å². The Balaban J connectivity index is 1.76. The first-order valence-corrected chi connectivity index (χ1v) is 8.89. The smallest absolute Gasteiger partial charge is 0.239 e. The highest BCUT2D eigenvalue weighted by atomic mass is 32.2. The zero-order chi connectivity index (χ0) is 14.0. The van der Waals surface area contributed by atoms with Crippen LogP contribution in [0.2, 0.25) is 0 Å². The molecule has 7 heteroatoms. The number of nitrogens with zero attached hydrogens (tertiary/aromatic N) is 2. The Morgan fingerprint density at radius 2 is 1.84 bits per heavy atom. The molecule has 0 aromatic heterocycles. The van der Waals surface area contributed by atoms with E-state index in [2.05, 4.69) is 4.90 Å². The summed E-state index contributed by atoms with van der Waals surface area (Å²) < 4.78 is 22.1. The van der Waals surface area contributed by atoms with Gasteiger partial charge in [-0.15, -0.1) is 0 Å². The number of hydrogen-bond acceptors (Lipinski definition) is 5. The van der Waals surface area contributed by atoms with E-state index in [1.54, 1.807) is 4.90 Å². The molecule has 2 fully saturated rings. The van der Waals surface area contributed by atoms with Gasteiger partial charge < -0.3 is 10.6 Å². The monoisotopic (exact) mass is 289 g/mol. The van der Waals surface area contributed by atoms with E-state index in [-0.39, 0.29) is 18.1 Å². The molecule has 1 atom stereocenters. The molecular formula is C12H23N3O3S. The van der Waals surface area contributed by atoms with Crippen LogP contribution in [0, 0.1) is 0 Å². The van der Waals surface area contributed by atoms with Gasteiger partial charge in [-0.1, -0.05) is 0 Å². The molecule has 0 spiro atoms. The summed E-state index contributed by atoms with van der Waals surface area (Å²) in [5.41, 5.74) is 5.79. The molecule has 0 aromatic rings. The topological polar surface area (TPSA) is 83.7 Å². The summed E-state index contributed by atoms with van der Waals surface area (Å²) in [4.78, 5) is 16.3. The molecule has 1 amide bonds. The molecule has 0 bridgehead atoms. The number of amides is 1. The summed E-state index contributed by atoms with van der Waals surface area (Å²) in [6, 6.07) is 0.0401. The van der Waals surface area contributed by atoms with Crippen LogP contribution < -0.4 is 5.73 Å². The lowest BCUT2D eigenvalue weighted by Crippen LogP contribution is -2.53. The van der Waals surface area contributed by atoms with Crippen LogP contribution in [0.3, 0.4) is 0 Å². The van der Waals surface area contributed by atoms with Crippen molar-refractivity contribution in [2.24, 2.45) is 5.73 Å². The number of carbonyl (C=O) groups excluding carboxylic acids is 1. The molecule has 1 heterocycles. The van der Waals surface area contributed by atoms with Crippen molar-refractivity contribution < 1.29 is 13.2 Å². The van der Waals surface area contributed by atoms with Crippen LogP contribution in [0.5, 0.6) is 0 Å². The Morgan fingerprint density at radius 1 is 1.26 bits per heavy atom. The number of rotatable bonds is 5. The van der Waals surface area contributed by atoms with Crippen molar-refractivity contribution in [3.05, 3.63) is 0 Å². The Labute approximate surface area is 114 Å². The molecule has 6 nitrogen and oxygen atoms in total. The van der Waals surface area contributed by atoms with Gasteiger partial charge in [-0.2, -0.15) is 0 Å². The number of nitrogens with two attached hydrogens (primary N) is 1. The molecule has 1 aliphatic carbocycles. The van der Waals surface area contributed by atoms with E-state index in [9.17, 15) is 13.2 Å². The number of piperazine rings is 1. The van der Waals surface area contributed by atoms with Gasteiger partial charge in [-0.3, -0.25) is 9.69 Å². The maximum atomic E-state index is 12.1. The van der Waals surface area contributed by atoms with Crippen LogP contribution in [-0.2, 0) is 14.6 Å². The van der Waals surface area contributed by atoms with Crippen LogP contribution in [0.4, 0.5) is 0 Å². The van der Waals surface area contributed by atoms with Gasteiger partial charge in [-0.05, 0) is 19.3 Å². The van der Waals surface area contributed by atoms with Crippen molar-refractivity contribution in [1.82, 2.24) is 9.80 Å². The van der Waals surface area contributed by atoms with Crippen LogP contribution in [0.25, 0.3) is 0 Å². The molecule has 1 saturated heterocycles. The minimum absolute atomic E-state index is 0.0258. The fourth-order valence-electron chi connectivity index (χ4n) is 2.45. The van der Waals surface area contributed by atoms with Gasteiger partial charge in [0.15, 0.2) is 0 Å². The van der Waals surface area contributed by atoms with Crippen LogP contribution in [-0.4, -0.2) is 74.4 Å². The van der Waals surface area contributed by atoms with E-state index >= 15 is 0 Å². The average molecular weight is 289 g/mol. The summed E-state index contributed by atoms with van der Waals surface area (Å²) in [5, 5.41) is 0. The number of hydrogen-bond donors (Lipinski definition) is 1. The molecule has 2 rings (SSSR count). The van der Waals surface area contributed by atoms with Gasteiger partial charge in [0.05, 0.1) is 11.8 Å². The first-order valence-electron chi connectivity index (χ1n) is 6.83. The predicted molar refractivity (Wildman–Crippen MR) is 73.5 cm³/mol. The summed E-state index contributed by atoms with van der Waals surface area (Å²) >= 11 is 0. The highest BCUT2D eigenvalue weighted by molar-refractivity contribution is 7.90. The van der Waals surface area contributed by atoms with Crippen LogP contribution >= 0.6 is 0 Å². The lowest BCUT2D eigenvalue weighted by molar-refractivity contribution is -0.134. The molecule has 0 aromatic carbocycles. The average Bonchev–Trinajstić information content (AvgIpc) is 3.18. The number of carbonyl (C=O) groups is 1. The van der Waals surface area contributed by atoms with Crippen molar-refractivity contribution in [3.63, 3.8) is 0 Å². The standard InChI is InChI=1S/C12H23N3O3S/c1-19(17,18)9-4-11(13)12(16)15-7-5-14(6-8-15)10-2-3-10/h10-11H,2-9,13H2,1H3. The minimum Gasteiger partial charge on any atom is -0.339 e. The maximum Gasteiger partial charge on any atom is 0.239 e. The van der Waals surface area contributed by atoms with Gasteiger partial charge in [-0.25, -0.2) is 8.42 Å². The van der Waals surface area contributed by atoms with Crippen molar-refractivity contribution in [2.45, 2.75) is 31.3 Å². The van der Waals surface area contributed by atoms with E-state index in [1.807, 2.05) is 0 Å². The summed E-state index contributed by atoms with van der Waals surface area (Å²) in [6.45, 7) is 3.24. The third kappa shape index (κ3) is 4.43. The predicted octanol–water partition coefficient (Wildman–Crippen LogP) is -0.945. The Morgan fingerprint density at radius 3 is 2.32 bits per heavy atom. The molecule has 1 aliphatic heterocycles. The molecule has 2 N–H and O–H groups in total. The molecule has 0 radical (unpaired) electrons. The fraction of sp³-hybridized carbons (Fsp3) is 0.917. The van der Waals surface area contributed by atoms with E-state index < -0.39 is 15.9 Å². The van der Waals surface area contributed by atoms with E-state index in [4.69, 9.17) is 5.73 Å². The highest BCUT2D eigenvalue weighted by Gasteiger charge is 2.33. The summed E-state index contributed by atoms with van der Waals surface area (Å²) in [5.74, 6) is -0.138. The largest absolute Gasteiger partial charge is 0.339 e. The first kappa shape index (κ1) is 14.7. The Hall–Kier alpha value is -0.660. The zero-order valence-corrected chi connectivity index (χ0v) is 12.2. The molecule has 19 heavy (non-hydrogen) atoms. The molecule has 110 valence electrons. The second kappa shape index (κ2) is 5.76. The van der Waals surface area contributed by atoms with Gasteiger partial charge in [0.1, 0.15) is 9.84 Å². The highest BCUT2D eigenvalue weighted by Crippen LogP contribution is 2.27. The molecular weight excluding hydrogens is 266 g/mol. The fourth-order valence-corrected chi connectivity index (χ4v) is 3.13. The minimum atomic E-state index is -3.05. The van der Waals surface area contributed by atoms with Gasteiger partial charge in [0.2, 0.25) is 5.91 Å². The molecule has 1 unspecified atom stereocenters. The third-order valence-corrected chi connectivity index (χ3v) is 4.78. The third-order valence-electron chi connectivity index (χ3n) is 3.81. The quantitative estimate of drug-likeness (QED) is 0.706. The van der Waals surface area contributed by atoms with Crippen molar-refractivity contribution in [3.8, 4) is 0 Å². The normalized spacial score (nSPS) is 23.4. The molecule has 1 saturated carbocycles. The lowest BCUT2D eigenvalue weighted by Gasteiger charge is -2.36. The first-order chi connectivity index (χ1) is 8.87. The SMILES string of the molecule is CS(=O)(=O)CCC(N)C(=O)N1CCN(C2CC2)CC1. The second-order valence-electron chi connectivity index (χ2n) is 5.62. The van der Waals surface area contributed by atoms with Gasteiger partial charge >= 0.3 is 0 Å². The maximum absolute atomic E-state index is 12.1. The Bertz CT molecular complexity index is 426. The van der Waals surface area contributed by atoms with Crippen molar-refractivity contribution >= 4 is 15.7 Å². The summed E-state index contributed by atoms with van der Waals surface area (Å²) in [6.07, 6.45) is 3.93. The number of sulfone groups is 1. The Kier molecular flexibility index (Phi) is 4.47. The van der Waals surface area contributed by atoms with Crippen LogP contribution in [0.1, 0.15) is 19.3 Å². The molecule has 2 aliphatic rings. The van der Waals surface area contributed by atoms with E-state index in [0.717, 1.165) is 19.1 Å². The lowest BCUT2D eigenvalue weighted by atomic mass is 10.2. The van der Waals surface area contributed by atoms with Gasteiger partial charge in [0, 0.05) is 38.5 Å². The second-order valence-corrected chi connectivity index (χ2v) is 7.88. The zero-order valence-electron chi connectivity index (χ0n) is 11.4. The van der Waals surface area contributed by atoms with Gasteiger partial charge in [0.25, 0.3) is 0 Å². The van der Waals surface area contributed by atoms with Crippen molar-refractivity contribution in [1.29, 1.82) is 0 Å². The van der Waals surface area contributed by atoms with E-state index in [0.29, 0.717) is 13.1 Å². The van der Waals surface area contributed by atoms with Crippen LogP contribution in [0.15, 0.2) is 0 Å². The van der Waals surface area contributed by atoms with E-state index in [1.165, 1.54) is 19.1 Å². The summed E-state index contributed by atoms with van der Waals surface area (Å²) in [7, 11) is -3.05.